The van der Waals surface area contributed by atoms with E-state index in [1.807, 2.05) is 79.7 Å². The molecule has 0 aromatic heterocycles. The molecule has 0 fully saturated rings. The first-order valence-electron chi connectivity index (χ1n) is 8.73. The summed E-state index contributed by atoms with van der Waals surface area (Å²) in [4.78, 5) is 12.5. The minimum absolute atomic E-state index is 0.473. The number of hydrogen-bond donors (Lipinski definition) is 1. The Morgan fingerprint density at radius 1 is 0.926 bits per heavy atom. The van der Waals surface area contributed by atoms with Crippen molar-refractivity contribution in [2.45, 2.75) is 25.6 Å². The van der Waals surface area contributed by atoms with Gasteiger partial charge in [0.25, 0.3) is 0 Å². The van der Waals surface area contributed by atoms with Gasteiger partial charge in [0, 0.05) is 21.7 Å². The molecule has 0 aliphatic heterocycles. The lowest BCUT2D eigenvalue weighted by Crippen LogP contribution is -2.38. The van der Waals surface area contributed by atoms with Gasteiger partial charge in [-0.1, -0.05) is 90.0 Å². The Bertz CT molecular complexity index is 920. The Kier molecular flexibility index (Phi) is 5.64. The summed E-state index contributed by atoms with van der Waals surface area (Å²) in [6.07, 6.45) is -1.26. The van der Waals surface area contributed by atoms with E-state index in [2.05, 4.69) is 0 Å². The molecule has 0 aliphatic carbocycles. The molecule has 3 nitrogen and oxygen atoms in total. The third-order valence-electron chi connectivity index (χ3n) is 4.49. The Morgan fingerprint density at radius 2 is 1.48 bits per heavy atom. The first-order valence-corrected chi connectivity index (χ1v) is 9.11. The van der Waals surface area contributed by atoms with E-state index in [4.69, 9.17) is 16.3 Å². The van der Waals surface area contributed by atoms with E-state index in [0.29, 0.717) is 10.6 Å². The molecule has 3 rings (SSSR count). The molecule has 0 bridgehead atoms. The molecule has 1 N–H and O–H groups in total. The van der Waals surface area contributed by atoms with Gasteiger partial charge in [-0.25, -0.2) is 4.79 Å². The van der Waals surface area contributed by atoms with Crippen molar-refractivity contribution in [2.75, 3.05) is 0 Å². The molecule has 27 heavy (non-hydrogen) atoms. The molecule has 0 saturated carbocycles. The van der Waals surface area contributed by atoms with Crippen LogP contribution >= 0.6 is 11.6 Å². The molecule has 0 spiro atoms. The van der Waals surface area contributed by atoms with Gasteiger partial charge in [0.1, 0.15) is 6.10 Å². The number of aliphatic hydroxyl groups excluding tert-OH is 1. The first kappa shape index (κ1) is 19.2. The standard InChI is InChI=1S/C23H21ClO3/c1-16-12-14-19(15-13-16)23(27-22(26)17(2)25,18-8-4-3-5-9-18)20-10-6-7-11-21(20)24/h3-15,17,25H,1-2H3/t17-,23?/m1/s1. The zero-order valence-corrected chi connectivity index (χ0v) is 16.0. The summed E-state index contributed by atoms with van der Waals surface area (Å²) in [5.41, 5.74) is 1.94. The molecule has 0 amide bonds. The van der Waals surface area contributed by atoms with E-state index in [0.717, 1.165) is 16.7 Å². The van der Waals surface area contributed by atoms with Crippen molar-refractivity contribution in [2.24, 2.45) is 0 Å². The van der Waals surface area contributed by atoms with E-state index >= 15 is 0 Å². The predicted molar refractivity (Wildman–Crippen MR) is 107 cm³/mol. The summed E-state index contributed by atoms with van der Waals surface area (Å²) in [5, 5.41) is 10.3. The number of carbonyl (C=O) groups excluding carboxylic acids is 1. The van der Waals surface area contributed by atoms with Crippen molar-refractivity contribution in [3.8, 4) is 0 Å². The van der Waals surface area contributed by atoms with Gasteiger partial charge in [-0.2, -0.15) is 0 Å². The Balaban J connectivity index is 2.36. The second-order valence-electron chi connectivity index (χ2n) is 6.49. The smallest absolute Gasteiger partial charge is 0.336 e. The van der Waals surface area contributed by atoms with Gasteiger partial charge in [-0.3, -0.25) is 0 Å². The number of esters is 1. The van der Waals surface area contributed by atoms with Gasteiger partial charge < -0.3 is 9.84 Å². The van der Waals surface area contributed by atoms with Gasteiger partial charge in [0.2, 0.25) is 0 Å². The average molecular weight is 381 g/mol. The van der Waals surface area contributed by atoms with Gasteiger partial charge in [-0.15, -0.1) is 0 Å². The van der Waals surface area contributed by atoms with E-state index in [9.17, 15) is 9.90 Å². The Labute approximate surface area is 164 Å². The number of hydrogen-bond acceptors (Lipinski definition) is 3. The third-order valence-corrected chi connectivity index (χ3v) is 4.82. The van der Waals surface area contributed by atoms with Crippen molar-refractivity contribution in [1.29, 1.82) is 0 Å². The minimum atomic E-state index is -1.28. The molecule has 0 aliphatic rings. The van der Waals surface area contributed by atoms with Crippen molar-refractivity contribution in [3.63, 3.8) is 0 Å². The number of carbonyl (C=O) groups is 1. The second-order valence-corrected chi connectivity index (χ2v) is 6.90. The summed E-state index contributed by atoms with van der Waals surface area (Å²) < 4.78 is 6.01. The van der Waals surface area contributed by atoms with Crippen LogP contribution < -0.4 is 0 Å². The molecule has 0 saturated heterocycles. The molecular weight excluding hydrogens is 360 g/mol. The zero-order chi connectivity index (χ0) is 19.4. The van der Waals surface area contributed by atoms with Crippen molar-refractivity contribution < 1.29 is 14.6 Å². The van der Waals surface area contributed by atoms with Gasteiger partial charge in [0.15, 0.2) is 5.60 Å². The van der Waals surface area contributed by atoms with Crippen molar-refractivity contribution in [3.05, 3.63) is 106 Å². The van der Waals surface area contributed by atoms with Crippen LogP contribution in [0.2, 0.25) is 5.02 Å². The Hall–Kier alpha value is -2.62. The summed E-state index contributed by atoms with van der Waals surface area (Å²) in [6, 6.07) is 24.5. The number of benzene rings is 3. The zero-order valence-electron chi connectivity index (χ0n) is 15.2. The minimum Gasteiger partial charge on any atom is -0.442 e. The van der Waals surface area contributed by atoms with Crippen molar-refractivity contribution in [1.82, 2.24) is 0 Å². The van der Waals surface area contributed by atoms with Crippen LogP contribution in [0.25, 0.3) is 0 Å². The molecule has 0 heterocycles. The summed E-state index contributed by atoms with van der Waals surface area (Å²) in [5.74, 6) is -0.723. The van der Waals surface area contributed by atoms with Gasteiger partial charge in [0.05, 0.1) is 0 Å². The highest BCUT2D eigenvalue weighted by atomic mass is 35.5. The van der Waals surface area contributed by atoms with Crippen LogP contribution in [0.5, 0.6) is 0 Å². The molecular formula is C23H21ClO3. The Morgan fingerprint density at radius 3 is 2.07 bits per heavy atom. The molecule has 138 valence electrons. The first-order chi connectivity index (χ1) is 12.9. The lowest BCUT2D eigenvalue weighted by Gasteiger charge is -2.36. The van der Waals surface area contributed by atoms with E-state index in [1.165, 1.54) is 6.92 Å². The van der Waals surface area contributed by atoms with Crippen LogP contribution in [0, 0.1) is 6.92 Å². The monoisotopic (exact) mass is 380 g/mol. The SMILES string of the molecule is Cc1ccc(C(OC(=O)[C@@H](C)O)(c2ccccc2)c2ccccc2Cl)cc1. The second kappa shape index (κ2) is 7.95. The van der Waals surface area contributed by atoms with Crippen LogP contribution in [0.3, 0.4) is 0 Å². The maximum absolute atomic E-state index is 12.5. The van der Waals surface area contributed by atoms with Crippen LogP contribution in [-0.2, 0) is 15.1 Å². The van der Waals surface area contributed by atoms with Crippen LogP contribution in [0.15, 0.2) is 78.9 Å². The van der Waals surface area contributed by atoms with Crippen LogP contribution in [-0.4, -0.2) is 17.2 Å². The summed E-state index contributed by atoms with van der Waals surface area (Å²) in [6.45, 7) is 3.38. The van der Waals surface area contributed by atoms with Gasteiger partial charge in [-0.05, 0) is 19.9 Å². The van der Waals surface area contributed by atoms with Crippen LogP contribution in [0.4, 0.5) is 0 Å². The molecule has 2 atom stereocenters. The highest BCUT2D eigenvalue weighted by molar-refractivity contribution is 6.31. The van der Waals surface area contributed by atoms with Gasteiger partial charge >= 0.3 is 5.97 Å². The largest absolute Gasteiger partial charge is 0.442 e. The number of aliphatic hydroxyl groups is 1. The maximum Gasteiger partial charge on any atom is 0.336 e. The number of halogens is 1. The molecule has 3 aromatic carbocycles. The fourth-order valence-electron chi connectivity index (χ4n) is 3.09. The molecule has 1 unspecified atom stereocenters. The highest BCUT2D eigenvalue weighted by Gasteiger charge is 2.42. The topological polar surface area (TPSA) is 46.5 Å². The van der Waals surface area contributed by atoms with E-state index in [-0.39, 0.29) is 0 Å². The lowest BCUT2D eigenvalue weighted by molar-refractivity contribution is -0.162. The summed E-state index contributed by atoms with van der Waals surface area (Å²) in [7, 11) is 0. The van der Waals surface area contributed by atoms with E-state index in [1.54, 1.807) is 6.07 Å². The quantitative estimate of drug-likeness (QED) is 0.507. The number of aryl methyl sites for hydroxylation is 1. The highest BCUT2D eigenvalue weighted by Crippen LogP contribution is 2.43. The fourth-order valence-corrected chi connectivity index (χ4v) is 3.36. The third kappa shape index (κ3) is 3.75. The fraction of sp³-hybridized carbons (Fsp3) is 0.174. The van der Waals surface area contributed by atoms with E-state index < -0.39 is 17.7 Å². The maximum atomic E-state index is 12.5. The number of ether oxygens (including phenoxy) is 1. The normalized spacial score (nSPS) is 14.2. The van der Waals surface area contributed by atoms with Crippen molar-refractivity contribution >= 4 is 17.6 Å². The lowest BCUT2D eigenvalue weighted by atomic mass is 9.79. The summed E-state index contributed by atoms with van der Waals surface area (Å²) >= 11 is 6.55. The average Bonchev–Trinajstić information content (AvgIpc) is 2.68. The predicted octanol–water partition coefficient (Wildman–Crippen LogP) is 4.86. The molecule has 3 aromatic rings. The molecule has 4 heteroatoms. The van der Waals surface area contributed by atoms with Crippen LogP contribution in [0.1, 0.15) is 29.2 Å². The number of rotatable bonds is 5. The molecule has 0 radical (unpaired) electrons.